The number of hydrogen-bond donors (Lipinski definition) is 0. The van der Waals surface area contributed by atoms with E-state index in [0.717, 1.165) is 18.4 Å². The third kappa shape index (κ3) is 1.17. The molecule has 2 unspecified atom stereocenters. The van der Waals surface area contributed by atoms with Crippen molar-refractivity contribution < 1.29 is 4.39 Å². The van der Waals surface area contributed by atoms with Gasteiger partial charge in [-0.05, 0) is 18.3 Å². The van der Waals surface area contributed by atoms with Gasteiger partial charge in [0.2, 0.25) is 0 Å². The quantitative estimate of drug-likeness (QED) is 0.563. The summed E-state index contributed by atoms with van der Waals surface area (Å²) in [6, 6.07) is 0. The van der Waals surface area contributed by atoms with E-state index < -0.39 is 6.17 Å². The lowest BCUT2D eigenvalue weighted by Gasteiger charge is -2.34. The van der Waals surface area contributed by atoms with Crippen molar-refractivity contribution in [3.05, 3.63) is 0 Å². The predicted molar refractivity (Wildman–Crippen MR) is 38.6 cm³/mol. The van der Waals surface area contributed by atoms with Crippen molar-refractivity contribution in [1.82, 2.24) is 4.90 Å². The summed E-state index contributed by atoms with van der Waals surface area (Å²) >= 11 is 0. The molecule has 0 aromatic carbocycles. The maximum Gasteiger partial charge on any atom is 0.125 e. The molecule has 0 aromatic heterocycles. The Morgan fingerprint density at radius 3 is 2.50 bits per heavy atom. The molecule has 0 N–H and O–H groups in total. The second-order valence-corrected chi connectivity index (χ2v) is 3.79. The highest BCUT2D eigenvalue weighted by atomic mass is 19.1. The second kappa shape index (κ2) is 2.19. The molecule has 0 aromatic rings. The van der Waals surface area contributed by atoms with Crippen molar-refractivity contribution in [3.8, 4) is 0 Å². The monoisotopic (exact) mass is 143 g/mol. The van der Waals surface area contributed by atoms with Gasteiger partial charge in [0.1, 0.15) is 6.17 Å². The lowest BCUT2D eigenvalue weighted by atomic mass is 10.1. The first kappa shape index (κ1) is 6.59. The molecule has 1 heterocycles. The molecule has 0 amide bonds. The normalized spacial score (nSPS) is 41.4. The summed E-state index contributed by atoms with van der Waals surface area (Å²) < 4.78 is 12.3. The first-order valence-corrected chi connectivity index (χ1v) is 4.12. The molecule has 1 aliphatic carbocycles. The van der Waals surface area contributed by atoms with E-state index in [1.807, 2.05) is 0 Å². The molecule has 0 spiro atoms. The zero-order chi connectivity index (χ0) is 7.14. The molecule has 10 heavy (non-hydrogen) atoms. The topological polar surface area (TPSA) is 3.24 Å². The van der Waals surface area contributed by atoms with Crippen LogP contribution < -0.4 is 0 Å². The summed E-state index contributed by atoms with van der Waals surface area (Å²) in [5.41, 5.74) is 0. The maximum atomic E-state index is 12.3. The predicted octanol–water partition coefficient (Wildman–Crippen LogP) is 1.30. The molecular weight excluding hydrogens is 129 g/mol. The lowest BCUT2D eigenvalue weighted by Crippen LogP contribution is -2.49. The Morgan fingerprint density at radius 1 is 1.50 bits per heavy atom. The van der Waals surface area contributed by atoms with Crippen molar-refractivity contribution >= 4 is 0 Å². The minimum absolute atomic E-state index is 0.519. The molecule has 1 saturated heterocycles. The Hall–Kier alpha value is -0.110. The average Bonchev–Trinajstić information content (AvgIpc) is 2.43. The van der Waals surface area contributed by atoms with Gasteiger partial charge >= 0.3 is 0 Å². The van der Waals surface area contributed by atoms with E-state index in [2.05, 4.69) is 11.8 Å². The summed E-state index contributed by atoms with van der Waals surface area (Å²) in [5, 5.41) is 0. The average molecular weight is 143 g/mol. The zero-order valence-electron chi connectivity index (χ0n) is 6.39. The van der Waals surface area contributed by atoms with Gasteiger partial charge < -0.3 is 0 Å². The number of hydrogen-bond acceptors (Lipinski definition) is 1. The van der Waals surface area contributed by atoms with Gasteiger partial charge in [0, 0.05) is 19.6 Å². The van der Waals surface area contributed by atoms with E-state index in [1.54, 1.807) is 0 Å². The van der Waals surface area contributed by atoms with Gasteiger partial charge in [-0.1, -0.05) is 6.92 Å². The van der Waals surface area contributed by atoms with Gasteiger partial charge in [-0.3, -0.25) is 4.90 Å². The van der Waals surface area contributed by atoms with Crippen LogP contribution in [0.15, 0.2) is 0 Å². The minimum atomic E-state index is -0.519. The third-order valence-electron chi connectivity index (χ3n) is 2.68. The number of rotatable bonds is 2. The zero-order valence-corrected chi connectivity index (χ0v) is 6.39. The molecular formula is C8H14FN. The summed E-state index contributed by atoms with van der Waals surface area (Å²) in [4.78, 5) is 2.22. The molecule has 1 saturated carbocycles. The van der Waals surface area contributed by atoms with E-state index in [-0.39, 0.29) is 0 Å². The Kier molecular flexibility index (Phi) is 1.44. The molecule has 2 fully saturated rings. The van der Waals surface area contributed by atoms with Crippen LogP contribution in [0.3, 0.4) is 0 Å². The minimum Gasteiger partial charge on any atom is -0.297 e. The first-order chi connectivity index (χ1) is 4.75. The van der Waals surface area contributed by atoms with Gasteiger partial charge in [0.25, 0.3) is 0 Å². The first-order valence-electron chi connectivity index (χ1n) is 4.12. The van der Waals surface area contributed by atoms with Gasteiger partial charge in [0.05, 0.1) is 0 Å². The Bertz CT molecular complexity index is 131. The van der Waals surface area contributed by atoms with Crippen LogP contribution in [0.5, 0.6) is 0 Å². The molecule has 2 aliphatic rings. The van der Waals surface area contributed by atoms with Crippen LogP contribution in [0.4, 0.5) is 4.39 Å². The van der Waals surface area contributed by atoms with E-state index in [9.17, 15) is 4.39 Å². The smallest absolute Gasteiger partial charge is 0.125 e. The molecule has 0 radical (unpaired) electrons. The van der Waals surface area contributed by atoms with E-state index in [0.29, 0.717) is 13.1 Å². The largest absolute Gasteiger partial charge is 0.297 e. The van der Waals surface area contributed by atoms with Crippen LogP contribution in [0.2, 0.25) is 0 Å². The fourth-order valence-electron chi connectivity index (χ4n) is 1.64. The second-order valence-electron chi connectivity index (χ2n) is 3.79. The van der Waals surface area contributed by atoms with Crippen molar-refractivity contribution in [2.45, 2.75) is 19.5 Å². The van der Waals surface area contributed by atoms with E-state index in [1.165, 1.54) is 6.42 Å². The van der Waals surface area contributed by atoms with Gasteiger partial charge in [-0.2, -0.15) is 0 Å². The Morgan fingerprint density at radius 2 is 2.10 bits per heavy atom. The van der Waals surface area contributed by atoms with Crippen molar-refractivity contribution in [2.24, 2.45) is 11.8 Å². The number of likely N-dealkylation sites (tertiary alicyclic amines) is 1. The standard InChI is InChI=1S/C8H14FN/c1-6-2-7(6)3-10-4-8(9)5-10/h6-8H,2-5H2,1H3. The highest BCUT2D eigenvalue weighted by Gasteiger charge is 2.37. The number of nitrogens with zero attached hydrogens (tertiary/aromatic N) is 1. The van der Waals surface area contributed by atoms with Crippen LogP contribution in [0, 0.1) is 11.8 Å². The summed E-state index contributed by atoms with van der Waals surface area (Å²) in [6.45, 7) is 4.82. The summed E-state index contributed by atoms with van der Waals surface area (Å²) in [5.74, 6) is 1.81. The molecule has 58 valence electrons. The number of halogens is 1. The third-order valence-corrected chi connectivity index (χ3v) is 2.68. The molecule has 1 nitrogen and oxygen atoms in total. The van der Waals surface area contributed by atoms with Gasteiger partial charge in [-0.15, -0.1) is 0 Å². The van der Waals surface area contributed by atoms with E-state index in [4.69, 9.17) is 0 Å². The summed E-state index contributed by atoms with van der Waals surface area (Å²) in [6.07, 6.45) is 0.849. The molecule has 0 bridgehead atoms. The van der Waals surface area contributed by atoms with Crippen LogP contribution in [-0.2, 0) is 0 Å². The maximum absolute atomic E-state index is 12.3. The lowest BCUT2D eigenvalue weighted by molar-refractivity contribution is 0.0606. The van der Waals surface area contributed by atoms with Crippen LogP contribution >= 0.6 is 0 Å². The number of alkyl halides is 1. The highest BCUT2D eigenvalue weighted by Crippen LogP contribution is 2.38. The molecule has 2 atom stereocenters. The van der Waals surface area contributed by atoms with Gasteiger partial charge in [-0.25, -0.2) is 4.39 Å². The molecule has 2 rings (SSSR count). The van der Waals surface area contributed by atoms with Crippen molar-refractivity contribution in [3.63, 3.8) is 0 Å². The highest BCUT2D eigenvalue weighted by molar-refractivity contribution is 4.89. The van der Waals surface area contributed by atoms with Crippen LogP contribution in [0.1, 0.15) is 13.3 Å². The molecule has 2 heteroatoms. The van der Waals surface area contributed by atoms with Crippen molar-refractivity contribution in [2.75, 3.05) is 19.6 Å². The van der Waals surface area contributed by atoms with E-state index >= 15 is 0 Å². The Balaban J connectivity index is 1.64. The molecule has 1 aliphatic heterocycles. The van der Waals surface area contributed by atoms with Crippen molar-refractivity contribution in [1.29, 1.82) is 0 Å². The van der Waals surface area contributed by atoms with Gasteiger partial charge in [0.15, 0.2) is 0 Å². The van der Waals surface area contributed by atoms with Crippen LogP contribution in [-0.4, -0.2) is 30.7 Å². The SMILES string of the molecule is CC1CC1CN1CC(F)C1. The fourth-order valence-corrected chi connectivity index (χ4v) is 1.64. The summed E-state index contributed by atoms with van der Waals surface area (Å²) in [7, 11) is 0. The Labute approximate surface area is 61.2 Å². The van der Waals surface area contributed by atoms with Crippen LogP contribution in [0.25, 0.3) is 0 Å². The fraction of sp³-hybridized carbons (Fsp3) is 1.00.